The largest absolute Gasteiger partial charge is 0.466 e. The smallest absolute Gasteiger partial charge is 0.306 e. The molecule has 4 nitrogen and oxygen atoms in total. The van der Waals surface area contributed by atoms with Crippen LogP contribution in [0.15, 0.2) is 24.3 Å². The molecule has 0 aromatic heterocycles. The van der Waals surface area contributed by atoms with Crippen molar-refractivity contribution in [3.05, 3.63) is 29.8 Å². The number of nitrogens with zero attached hydrogens (tertiary/aromatic N) is 1. The summed E-state index contributed by atoms with van der Waals surface area (Å²) in [5, 5.41) is 3.84. The van der Waals surface area contributed by atoms with Crippen molar-refractivity contribution in [2.24, 2.45) is 5.41 Å². The molecule has 134 valence electrons. The van der Waals surface area contributed by atoms with E-state index in [1.165, 1.54) is 50.0 Å². The van der Waals surface area contributed by atoms with E-state index in [0.717, 1.165) is 6.42 Å². The summed E-state index contributed by atoms with van der Waals surface area (Å²) >= 11 is 0. The molecule has 1 aliphatic carbocycles. The summed E-state index contributed by atoms with van der Waals surface area (Å²) < 4.78 is 5.38. The Balaban J connectivity index is 1.60. The van der Waals surface area contributed by atoms with Gasteiger partial charge in [0.25, 0.3) is 0 Å². The van der Waals surface area contributed by atoms with Crippen molar-refractivity contribution in [2.45, 2.75) is 62.9 Å². The number of carbonyl (C=O) groups excluding carboxylic acids is 1. The molecule has 0 radical (unpaired) electrons. The standard InChI is InChI=1S/C21H28N2O2/c1-2-25-18(24)14-20-9-5-12-23-13-11-21(19(20)23)15-6-3-4-7-16(15)22-17(21)8-10-20/h3-4,6-7,17,19,22H,2,5,8-14H2,1H3/t17-,19-,20-,21-/m1/s1. The molecule has 3 heterocycles. The van der Waals surface area contributed by atoms with E-state index in [1.807, 2.05) is 6.92 Å². The molecule has 3 aliphatic heterocycles. The van der Waals surface area contributed by atoms with Crippen molar-refractivity contribution in [1.82, 2.24) is 4.90 Å². The fraction of sp³-hybridized carbons (Fsp3) is 0.667. The van der Waals surface area contributed by atoms with E-state index in [9.17, 15) is 4.79 Å². The maximum Gasteiger partial charge on any atom is 0.306 e. The number of esters is 1. The van der Waals surface area contributed by atoms with Crippen LogP contribution in [0.2, 0.25) is 0 Å². The van der Waals surface area contributed by atoms with Crippen molar-refractivity contribution in [3.63, 3.8) is 0 Å². The topological polar surface area (TPSA) is 41.6 Å². The number of hydrogen-bond donors (Lipinski definition) is 1. The Bertz CT molecular complexity index is 705. The van der Waals surface area contributed by atoms with E-state index in [-0.39, 0.29) is 16.8 Å². The van der Waals surface area contributed by atoms with E-state index in [4.69, 9.17) is 4.74 Å². The highest BCUT2D eigenvalue weighted by Crippen LogP contribution is 2.63. The Morgan fingerprint density at radius 2 is 2.16 bits per heavy atom. The van der Waals surface area contributed by atoms with Crippen LogP contribution in [0.25, 0.3) is 0 Å². The molecule has 2 saturated heterocycles. The zero-order valence-electron chi connectivity index (χ0n) is 15.1. The van der Waals surface area contributed by atoms with Crippen LogP contribution in [0, 0.1) is 5.41 Å². The molecule has 5 rings (SSSR count). The average molecular weight is 340 g/mol. The minimum Gasteiger partial charge on any atom is -0.466 e. The number of anilines is 1. The normalized spacial score (nSPS) is 38.4. The van der Waals surface area contributed by atoms with Gasteiger partial charge in [-0.1, -0.05) is 18.2 Å². The SMILES string of the molecule is CCOC(=O)C[C@@]12CCCN3CC[C@]4(c5ccccc5N[C@@H]4CC1)[C@H]32. The van der Waals surface area contributed by atoms with Crippen molar-refractivity contribution >= 4 is 11.7 Å². The van der Waals surface area contributed by atoms with E-state index in [0.29, 0.717) is 25.1 Å². The van der Waals surface area contributed by atoms with Gasteiger partial charge in [-0.3, -0.25) is 9.69 Å². The van der Waals surface area contributed by atoms with E-state index in [2.05, 4.69) is 34.5 Å². The maximum absolute atomic E-state index is 12.5. The van der Waals surface area contributed by atoms with Crippen molar-refractivity contribution in [2.75, 3.05) is 25.0 Å². The molecule has 0 bridgehead atoms. The van der Waals surface area contributed by atoms with Gasteiger partial charge in [-0.2, -0.15) is 0 Å². The predicted molar refractivity (Wildman–Crippen MR) is 97.7 cm³/mol. The number of carbonyl (C=O) groups is 1. The van der Waals surface area contributed by atoms with Crippen molar-refractivity contribution in [1.29, 1.82) is 0 Å². The number of nitrogens with one attached hydrogen (secondary N) is 1. The van der Waals surface area contributed by atoms with E-state index in [1.54, 1.807) is 0 Å². The minimum atomic E-state index is 0.00379. The van der Waals surface area contributed by atoms with Crippen LogP contribution in [0.3, 0.4) is 0 Å². The van der Waals surface area contributed by atoms with Crippen LogP contribution >= 0.6 is 0 Å². The Morgan fingerprint density at radius 1 is 1.28 bits per heavy atom. The molecule has 4 aliphatic rings. The second kappa shape index (κ2) is 5.47. The Labute approximate surface area is 149 Å². The lowest BCUT2D eigenvalue weighted by Crippen LogP contribution is -2.64. The Kier molecular flexibility index (Phi) is 3.43. The molecule has 1 spiro atoms. The number of ether oxygens (including phenoxy) is 1. The molecule has 3 fully saturated rings. The van der Waals surface area contributed by atoms with Gasteiger partial charge in [0, 0.05) is 23.2 Å². The van der Waals surface area contributed by atoms with Gasteiger partial charge >= 0.3 is 5.97 Å². The third-order valence-corrected chi connectivity index (χ3v) is 7.48. The predicted octanol–water partition coefficient (Wildman–Crippen LogP) is 3.32. The first-order valence-electron chi connectivity index (χ1n) is 9.95. The fourth-order valence-corrected chi connectivity index (χ4v) is 6.83. The Morgan fingerprint density at radius 3 is 3.04 bits per heavy atom. The first kappa shape index (κ1) is 15.7. The first-order valence-corrected chi connectivity index (χ1v) is 9.95. The number of benzene rings is 1. The molecule has 1 N–H and O–H groups in total. The van der Waals surface area contributed by atoms with Crippen LogP contribution < -0.4 is 5.32 Å². The van der Waals surface area contributed by atoms with Crippen LogP contribution in [-0.4, -0.2) is 42.6 Å². The summed E-state index contributed by atoms with van der Waals surface area (Å²) in [6.07, 6.45) is 6.50. The third-order valence-electron chi connectivity index (χ3n) is 7.48. The van der Waals surface area contributed by atoms with Crippen LogP contribution in [0.5, 0.6) is 0 Å². The first-order chi connectivity index (χ1) is 12.2. The average Bonchev–Trinajstić information content (AvgIpc) is 3.16. The van der Waals surface area contributed by atoms with Gasteiger partial charge in [0.2, 0.25) is 0 Å². The third kappa shape index (κ3) is 2.00. The summed E-state index contributed by atoms with van der Waals surface area (Å²) in [7, 11) is 0. The molecule has 1 aromatic carbocycles. The molecule has 1 saturated carbocycles. The molecule has 0 unspecified atom stereocenters. The summed E-state index contributed by atoms with van der Waals surface area (Å²) in [5.74, 6) is 0.00379. The second-order valence-electron chi connectivity index (χ2n) is 8.46. The van der Waals surface area contributed by atoms with Gasteiger partial charge in [-0.25, -0.2) is 0 Å². The van der Waals surface area contributed by atoms with Crippen molar-refractivity contribution < 1.29 is 9.53 Å². The van der Waals surface area contributed by atoms with E-state index < -0.39 is 0 Å². The number of piperidine rings is 1. The van der Waals surface area contributed by atoms with Gasteiger partial charge in [0.15, 0.2) is 0 Å². The highest BCUT2D eigenvalue weighted by molar-refractivity contribution is 5.71. The molecule has 25 heavy (non-hydrogen) atoms. The fourth-order valence-electron chi connectivity index (χ4n) is 6.83. The van der Waals surface area contributed by atoms with Crippen LogP contribution in [0.1, 0.15) is 51.0 Å². The lowest BCUT2D eigenvalue weighted by Gasteiger charge is -2.57. The second-order valence-corrected chi connectivity index (χ2v) is 8.46. The van der Waals surface area contributed by atoms with Gasteiger partial charge in [0.05, 0.1) is 13.0 Å². The zero-order chi connectivity index (χ0) is 17.1. The monoisotopic (exact) mass is 340 g/mol. The van der Waals surface area contributed by atoms with Gasteiger partial charge in [-0.15, -0.1) is 0 Å². The maximum atomic E-state index is 12.5. The molecule has 4 heteroatoms. The van der Waals surface area contributed by atoms with Gasteiger partial charge in [0.1, 0.15) is 0 Å². The molecule has 4 atom stereocenters. The summed E-state index contributed by atoms with van der Waals surface area (Å²) in [4.78, 5) is 15.2. The number of rotatable bonds is 3. The van der Waals surface area contributed by atoms with Gasteiger partial charge < -0.3 is 10.1 Å². The molecular formula is C21H28N2O2. The summed E-state index contributed by atoms with van der Waals surface area (Å²) in [5.41, 5.74) is 3.10. The highest BCUT2D eigenvalue weighted by atomic mass is 16.5. The molecule has 0 amide bonds. The number of hydrogen-bond acceptors (Lipinski definition) is 4. The highest BCUT2D eigenvalue weighted by Gasteiger charge is 2.66. The minimum absolute atomic E-state index is 0.00379. The quantitative estimate of drug-likeness (QED) is 0.857. The summed E-state index contributed by atoms with van der Waals surface area (Å²) in [6.45, 7) is 4.75. The van der Waals surface area contributed by atoms with E-state index >= 15 is 0 Å². The zero-order valence-corrected chi connectivity index (χ0v) is 15.1. The molecular weight excluding hydrogens is 312 g/mol. The number of fused-ring (bicyclic) bond motifs is 1. The molecule has 1 aromatic rings. The summed E-state index contributed by atoms with van der Waals surface area (Å²) in [6, 6.07) is 9.90. The number of para-hydroxylation sites is 1. The van der Waals surface area contributed by atoms with Crippen LogP contribution in [0.4, 0.5) is 5.69 Å². The lowest BCUT2D eigenvalue weighted by molar-refractivity contribution is -0.150. The lowest BCUT2D eigenvalue weighted by atomic mass is 9.52. The van der Waals surface area contributed by atoms with Crippen LogP contribution in [-0.2, 0) is 14.9 Å². The van der Waals surface area contributed by atoms with Crippen molar-refractivity contribution in [3.8, 4) is 0 Å². The van der Waals surface area contributed by atoms with Gasteiger partial charge in [-0.05, 0) is 69.2 Å². The Hall–Kier alpha value is -1.55.